The van der Waals surface area contributed by atoms with Gasteiger partial charge in [-0.1, -0.05) is 35.9 Å². The SMILES string of the molecule is CCOc1ccc(N(CC(=O)Nc2ccc3c4c(cccc24)CC3)S(=O)(=O)c2ccc(Cl)cc2)cc1. The summed E-state index contributed by atoms with van der Waals surface area (Å²) in [6.45, 7) is 1.96. The van der Waals surface area contributed by atoms with E-state index in [2.05, 4.69) is 11.4 Å². The van der Waals surface area contributed by atoms with Crippen molar-refractivity contribution in [2.24, 2.45) is 0 Å². The molecule has 6 nitrogen and oxygen atoms in total. The molecule has 4 aromatic carbocycles. The Morgan fingerprint density at radius 1 is 0.944 bits per heavy atom. The third-order valence-electron chi connectivity index (χ3n) is 6.28. The summed E-state index contributed by atoms with van der Waals surface area (Å²) in [4.78, 5) is 13.3. The Balaban J connectivity index is 1.48. The number of carbonyl (C=O) groups excluding carboxylic acids is 1. The van der Waals surface area contributed by atoms with E-state index in [9.17, 15) is 13.2 Å². The predicted octanol–water partition coefficient (Wildman–Crippen LogP) is 5.82. The smallest absolute Gasteiger partial charge is 0.264 e. The molecule has 0 unspecified atom stereocenters. The third kappa shape index (κ3) is 4.64. The van der Waals surface area contributed by atoms with Crippen LogP contribution in [0, 0.1) is 0 Å². The van der Waals surface area contributed by atoms with Crippen LogP contribution in [0.5, 0.6) is 5.75 Å². The number of hydrogen-bond donors (Lipinski definition) is 1. The fraction of sp³-hybridized carbons (Fsp3) is 0.179. The summed E-state index contributed by atoms with van der Waals surface area (Å²) in [6, 6.07) is 22.5. The summed E-state index contributed by atoms with van der Waals surface area (Å²) in [5.74, 6) is 0.169. The van der Waals surface area contributed by atoms with Crippen molar-refractivity contribution in [2.45, 2.75) is 24.7 Å². The molecule has 5 rings (SSSR count). The van der Waals surface area contributed by atoms with Gasteiger partial charge in [0.15, 0.2) is 0 Å². The highest BCUT2D eigenvalue weighted by molar-refractivity contribution is 7.92. The lowest BCUT2D eigenvalue weighted by atomic mass is 10.0. The minimum atomic E-state index is -4.06. The molecule has 0 heterocycles. The van der Waals surface area contributed by atoms with E-state index in [1.807, 2.05) is 31.2 Å². The number of nitrogens with one attached hydrogen (secondary N) is 1. The first-order chi connectivity index (χ1) is 17.4. The maximum Gasteiger partial charge on any atom is 0.264 e. The molecule has 0 aliphatic heterocycles. The Hall–Kier alpha value is -3.55. The van der Waals surface area contributed by atoms with Crippen molar-refractivity contribution in [2.75, 3.05) is 22.8 Å². The van der Waals surface area contributed by atoms with E-state index < -0.39 is 22.5 Å². The Kier molecular flexibility index (Phi) is 6.60. The third-order valence-corrected chi connectivity index (χ3v) is 8.32. The van der Waals surface area contributed by atoms with Crippen LogP contribution in [0.2, 0.25) is 5.02 Å². The lowest BCUT2D eigenvalue weighted by molar-refractivity contribution is -0.114. The quantitative estimate of drug-likeness (QED) is 0.317. The first-order valence-corrected chi connectivity index (χ1v) is 13.5. The molecule has 0 atom stereocenters. The normalized spacial score (nSPS) is 12.5. The van der Waals surface area contributed by atoms with Crippen molar-refractivity contribution in [1.82, 2.24) is 0 Å². The van der Waals surface area contributed by atoms with Gasteiger partial charge in [-0.3, -0.25) is 9.10 Å². The van der Waals surface area contributed by atoms with Crippen molar-refractivity contribution >= 4 is 49.7 Å². The Morgan fingerprint density at radius 2 is 1.64 bits per heavy atom. The summed E-state index contributed by atoms with van der Waals surface area (Å²) in [6.07, 6.45) is 1.96. The van der Waals surface area contributed by atoms with E-state index in [4.69, 9.17) is 16.3 Å². The lowest BCUT2D eigenvalue weighted by Gasteiger charge is -2.24. The van der Waals surface area contributed by atoms with E-state index >= 15 is 0 Å². The van der Waals surface area contributed by atoms with Crippen LogP contribution in [0.1, 0.15) is 18.1 Å². The van der Waals surface area contributed by atoms with Gasteiger partial charge in [0.25, 0.3) is 10.0 Å². The van der Waals surface area contributed by atoms with Crippen LogP contribution in [0.4, 0.5) is 11.4 Å². The minimum Gasteiger partial charge on any atom is -0.494 e. The number of anilines is 2. The van der Waals surface area contributed by atoms with Gasteiger partial charge in [0.2, 0.25) is 5.91 Å². The zero-order chi connectivity index (χ0) is 25.3. The van der Waals surface area contributed by atoms with Crippen molar-refractivity contribution in [1.29, 1.82) is 0 Å². The molecule has 0 spiro atoms. The molecule has 1 N–H and O–H groups in total. The topological polar surface area (TPSA) is 75.7 Å². The summed E-state index contributed by atoms with van der Waals surface area (Å²) in [5.41, 5.74) is 3.54. The van der Waals surface area contributed by atoms with Crippen LogP contribution in [-0.2, 0) is 27.7 Å². The molecule has 0 bridgehead atoms. The second kappa shape index (κ2) is 9.84. The molecule has 1 aliphatic rings. The molecular weight excluding hydrogens is 496 g/mol. The zero-order valence-corrected chi connectivity index (χ0v) is 21.3. The summed E-state index contributed by atoms with van der Waals surface area (Å²) >= 11 is 5.97. The number of hydrogen-bond acceptors (Lipinski definition) is 4. The maximum atomic E-state index is 13.6. The molecule has 1 amide bonds. The van der Waals surface area contributed by atoms with Gasteiger partial charge in [-0.2, -0.15) is 0 Å². The molecule has 0 radical (unpaired) electrons. The van der Waals surface area contributed by atoms with Gasteiger partial charge in [-0.25, -0.2) is 8.42 Å². The van der Waals surface area contributed by atoms with Crippen LogP contribution in [0.3, 0.4) is 0 Å². The van der Waals surface area contributed by atoms with Gasteiger partial charge in [0, 0.05) is 16.1 Å². The molecule has 184 valence electrons. The number of benzene rings is 4. The second-order valence-electron chi connectivity index (χ2n) is 8.55. The van der Waals surface area contributed by atoms with Gasteiger partial charge in [-0.15, -0.1) is 0 Å². The van der Waals surface area contributed by atoms with E-state index in [-0.39, 0.29) is 4.90 Å². The summed E-state index contributed by atoms with van der Waals surface area (Å²) in [7, 11) is -4.06. The number of carbonyl (C=O) groups is 1. The molecule has 1 aliphatic carbocycles. The Labute approximate surface area is 215 Å². The highest BCUT2D eigenvalue weighted by Gasteiger charge is 2.28. The number of aryl methyl sites for hydroxylation is 2. The van der Waals surface area contributed by atoms with Gasteiger partial charge >= 0.3 is 0 Å². The molecule has 0 saturated carbocycles. The largest absolute Gasteiger partial charge is 0.494 e. The van der Waals surface area contributed by atoms with Gasteiger partial charge in [0.1, 0.15) is 12.3 Å². The van der Waals surface area contributed by atoms with Crippen molar-refractivity contribution in [3.05, 3.63) is 95.0 Å². The second-order valence-corrected chi connectivity index (χ2v) is 10.9. The van der Waals surface area contributed by atoms with E-state index in [1.54, 1.807) is 24.3 Å². The highest BCUT2D eigenvalue weighted by Crippen LogP contribution is 2.35. The standard InChI is InChI=1S/C28H25ClN2O4S/c1-2-35-23-13-11-22(12-14-23)31(36(33,34)24-15-9-21(29)10-16-24)18-27(32)30-26-17-8-20-7-6-19-4-3-5-25(26)28(19)20/h3-5,8-17H,2,6-7,18H2,1H3,(H,30,32). The minimum absolute atomic E-state index is 0.0407. The lowest BCUT2D eigenvalue weighted by Crippen LogP contribution is -2.38. The molecule has 0 fully saturated rings. The van der Waals surface area contributed by atoms with E-state index in [0.717, 1.165) is 22.5 Å². The van der Waals surface area contributed by atoms with Gasteiger partial charge in [0.05, 0.1) is 17.2 Å². The van der Waals surface area contributed by atoms with Crippen molar-refractivity contribution in [3.8, 4) is 5.75 Å². The molecule has 0 aromatic heterocycles. The number of halogens is 1. The highest BCUT2D eigenvalue weighted by atomic mass is 35.5. The molecule has 8 heteroatoms. The first kappa shape index (κ1) is 24.2. The van der Waals surface area contributed by atoms with Crippen LogP contribution >= 0.6 is 11.6 Å². The maximum absolute atomic E-state index is 13.6. The molecular formula is C28H25ClN2O4S. The number of amides is 1. The van der Waals surface area contributed by atoms with Crippen LogP contribution < -0.4 is 14.4 Å². The number of nitrogens with zero attached hydrogens (tertiary/aromatic N) is 1. The van der Waals surface area contributed by atoms with E-state index in [0.29, 0.717) is 28.8 Å². The van der Waals surface area contributed by atoms with E-state index in [1.165, 1.54) is 40.8 Å². The van der Waals surface area contributed by atoms with Gasteiger partial charge in [-0.05, 0) is 90.9 Å². The predicted molar refractivity (Wildman–Crippen MR) is 144 cm³/mol. The Bertz CT molecular complexity index is 1520. The van der Waals surface area contributed by atoms with Crippen LogP contribution in [0.25, 0.3) is 10.8 Å². The Morgan fingerprint density at radius 3 is 2.33 bits per heavy atom. The van der Waals surface area contributed by atoms with Crippen molar-refractivity contribution < 1.29 is 17.9 Å². The van der Waals surface area contributed by atoms with Gasteiger partial charge < -0.3 is 10.1 Å². The first-order valence-electron chi connectivity index (χ1n) is 11.7. The van der Waals surface area contributed by atoms with Crippen LogP contribution in [0.15, 0.2) is 83.8 Å². The summed E-state index contributed by atoms with van der Waals surface area (Å²) in [5, 5.41) is 5.50. The molecule has 0 saturated heterocycles. The van der Waals surface area contributed by atoms with Crippen LogP contribution in [-0.4, -0.2) is 27.5 Å². The zero-order valence-electron chi connectivity index (χ0n) is 19.7. The average Bonchev–Trinajstić information content (AvgIpc) is 3.30. The average molecular weight is 521 g/mol. The van der Waals surface area contributed by atoms with Crippen molar-refractivity contribution in [3.63, 3.8) is 0 Å². The summed E-state index contributed by atoms with van der Waals surface area (Å²) < 4.78 is 33.8. The number of sulfonamides is 1. The fourth-order valence-corrected chi connectivity index (χ4v) is 6.15. The monoisotopic (exact) mass is 520 g/mol. The number of ether oxygens (including phenoxy) is 1. The molecule has 36 heavy (non-hydrogen) atoms. The fourth-order valence-electron chi connectivity index (χ4n) is 4.60. The number of rotatable bonds is 8. The molecule has 4 aromatic rings.